The summed E-state index contributed by atoms with van der Waals surface area (Å²) in [6.07, 6.45) is 0. The molecule has 6 heteroatoms. The lowest BCUT2D eigenvalue weighted by molar-refractivity contribution is 0.471. The fourth-order valence-corrected chi connectivity index (χ4v) is 2.24. The van der Waals surface area contributed by atoms with Crippen LogP contribution in [0.25, 0.3) is 0 Å². The Morgan fingerprint density at radius 2 is 1.43 bits per heavy atom. The third-order valence-electron chi connectivity index (χ3n) is 3.49. The number of aryl methyl sites for hydroxylation is 1. The molecule has 3 rings (SSSR count). The molecule has 0 aliphatic heterocycles. The van der Waals surface area contributed by atoms with E-state index in [2.05, 4.69) is 10.6 Å². The monoisotopic (exact) mass is 310 g/mol. The molecule has 0 aliphatic rings. The van der Waals surface area contributed by atoms with E-state index in [9.17, 15) is 19.8 Å². The molecule has 0 unspecified atom stereocenters. The first kappa shape index (κ1) is 14.6. The lowest BCUT2D eigenvalue weighted by Crippen LogP contribution is -2.35. The van der Waals surface area contributed by atoms with Gasteiger partial charge >= 0.3 is 0 Å². The van der Waals surface area contributed by atoms with Gasteiger partial charge in [-0.1, -0.05) is 6.07 Å². The maximum atomic E-state index is 11.8. The van der Waals surface area contributed by atoms with E-state index < -0.39 is 10.9 Å². The predicted molar refractivity (Wildman–Crippen MR) is 88.9 cm³/mol. The number of hydrogen-bond acceptors (Lipinski definition) is 6. The van der Waals surface area contributed by atoms with Gasteiger partial charge in [0.1, 0.15) is 22.9 Å². The Balaban J connectivity index is 1.89. The van der Waals surface area contributed by atoms with Gasteiger partial charge in [0.2, 0.25) is 0 Å². The molecular formula is C17H14N2O4. The van der Waals surface area contributed by atoms with Crippen molar-refractivity contribution in [2.45, 2.75) is 6.92 Å². The molecule has 3 aromatic carbocycles. The molecule has 0 saturated carbocycles. The standard InChI is InChI=1S/C17H14N2O4/c1-9-7-11(5-6-13(9)21)19-15-14(16(22)17(15)23)18-10-3-2-4-12(20)8-10/h2-8,18-21H,1H3. The molecule has 0 fully saturated rings. The number of phenols is 2. The molecule has 0 bridgehead atoms. The second-order valence-corrected chi connectivity index (χ2v) is 5.21. The molecule has 0 heterocycles. The van der Waals surface area contributed by atoms with E-state index in [1.165, 1.54) is 18.2 Å². The Morgan fingerprint density at radius 1 is 0.826 bits per heavy atom. The molecule has 0 aliphatic carbocycles. The van der Waals surface area contributed by atoms with Crippen molar-refractivity contribution < 1.29 is 10.2 Å². The predicted octanol–water partition coefficient (Wildman–Crippen LogP) is 2.49. The highest BCUT2D eigenvalue weighted by atomic mass is 16.3. The van der Waals surface area contributed by atoms with Crippen molar-refractivity contribution in [1.82, 2.24) is 0 Å². The molecule has 116 valence electrons. The quantitative estimate of drug-likeness (QED) is 0.436. The van der Waals surface area contributed by atoms with E-state index in [4.69, 9.17) is 0 Å². The minimum atomic E-state index is -0.619. The number of hydrogen-bond donors (Lipinski definition) is 4. The summed E-state index contributed by atoms with van der Waals surface area (Å²) in [6.45, 7) is 1.73. The first-order valence-corrected chi connectivity index (χ1v) is 6.91. The number of phenolic OH excluding ortho intramolecular Hbond substituents is 2. The van der Waals surface area contributed by atoms with Crippen LogP contribution in [0.4, 0.5) is 22.7 Å². The molecule has 6 nitrogen and oxygen atoms in total. The third-order valence-corrected chi connectivity index (χ3v) is 3.49. The van der Waals surface area contributed by atoms with Crippen molar-refractivity contribution in [3.05, 3.63) is 68.5 Å². The number of anilines is 4. The fraction of sp³-hybridized carbons (Fsp3) is 0.0588. The fourth-order valence-electron chi connectivity index (χ4n) is 2.24. The van der Waals surface area contributed by atoms with E-state index in [0.717, 1.165) is 0 Å². The van der Waals surface area contributed by atoms with Crippen molar-refractivity contribution in [2.75, 3.05) is 10.6 Å². The van der Waals surface area contributed by atoms with Crippen LogP contribution in [0.2, 0.25) is 0 Å². The van der Waals surface area contributed by atoms with Crippen LogP contribution in [0, 0.1) is 6.92 Å². The van der Waals surface area contributed by atoms with Gasteiger partial charge in [0.25, 0.3) is 10.9 Å². The maximum Gasteiger partial charge on any atom is 0.253 e. The number of nitrogens with one attached hydrogen (secondary N) is 2. The van der Waals surface area contributed by atoms with Gasteiger partial charge in [-0.25, -0.2) is 0 Å². The van der Waals surface area contributed by atoms with Gasteiger partial charge < -0.3 is 20.8 Å². The van der Waals surface area contributed by atoms with Crippen LogP contribution in [0.3, 0.4) is 0 Å². The van der Waals surface area contributed by atoms with Gasteiger partial charge in [0.05, 0.1) is 0 Å². The van der Waals surface area contributed by atoms with E-state index >= 15 is 0 Å². The number of benzene rings is 2. The molecule has 0 spiro atoms. The maximum absolute atomic E-state index is 11.8. The lowest BCUT2D eigenvalue weighted by atomic mass is 10.1. The summed E-state index contributed by atoms with van der Waals surface area (Å²) >= 11 is 0. The Kier molecular flexibility index (Phi) is 3.50. The Morgan fingerprint density at radius 3 is 2.00 bits per heavy atom. The minimum absolute atomic E-state index is 0.0531. The Hall–Kier alpha value is -3.28. The highest BCUT2D eigenvalue weighted by molar-refractivity contribution is 5.82. The van der Waals surface area contributed by atoms with Crippen molar-refractivity contribution in [2.24, 2.45) is 0 Å². The Labute approximate surface area is 131 Å². The van der Waals surface area contributed by atoms with Crippen LogP contribution in [0.5, 0.6) is 11.5 Å². The third kappa shape index (κ3) is 2.74. The number of rotatable bonds is 4. The molecule has 4 N–H and O–H groups in total. The average Bonchev–Trinajstić information content (AvgIpc) is 2.53. The second-order valence-electron chi connectivity index (χ2n) is 5.21. The van der Waals surface area contributed by atoms with E-state index in [-0.39, 0.29) is 22.9 Å². The van der Waals surface area contributed by atoms with Crippen molar-refractivity contribution in [3.63, 3.8) is 0 Å². The first-order valence-electron chi connectivity index (χ1n) is 6.91. The highest BCUT2D eigenvalue weighted by Crippen LogP contribution is 2.27. The second kappa shape index (κ2) is 5.49. The molecule has 0 amide bonds. The van der Waals surface area contributed by atoms with E-state index in [0.29, 0.717) is 16.9 Å². The summed E-state index contributed by atoms with van der Waals surface area (Å²) in [4.78, 5) is 23.5. The zero-order valence-corrected chi connectivity index (χ0v) is 12.3. The van der Waals surface area contributed by atoms with Crippen LogP contribution in [-0.4, -0.2) is 10.2 Å². The van der Waals surface area contributed by atoms with E-state index in [1.807, 2.05) is 0 Å². The normalized spacial score (nSPS) is 10.7. The van der Waals surface area contributed by atoms with Gasteiger partial charge in [-0.05, 0) is 42.8 Å². The van der Waals surface area contributed by atoms with Crippen molar-refractivity contribution in [3.8, 4) is 11.5 Å². The summed E-state index contributed by atoms with van der Waals surface area (Å²) in [5.41, 5.74) is 0.809. The van der Waals surface area contributed by atoms with Gasteiger partial charge in [-0.2, -0.15) is 0 Å². The summed E-state index contributed by atoms with van der Waals surface area (Å²) in [5.74, 6) is 0.205. The van der Waals surface area contributed by atoms with Crippen LogP contribution in [0.1, 0.15) is 5.56 Å². The average molecular weight is 310 g/mol. The summed E-state index contributed by atoms with van der Waals surface area (Å²) in [6, 6.07) is 11.0. The summed E-state index contributed by atoms with van der Waals surface area (Å²) < 4.78 is 0. The zero-order chi connectivity index (χ0) is 16.6. The lowest BCUT2D eigenvalue weighted by Gasteiger charge is -2.15. The minimum Gasteiger partial charge on any atom is -0.508 e. The summed E-state index contributed by atoms with van der Waals surface area (Å²) in [5, 5.41) is 24.7. The van der Waals surface area contributed by atoms with Gasteiger partial charge in [0.15, 0.2) is 0 Å². The first-order chi connectivity index (χ1) is 11.0. The number of aromatic hydroxyl groups is 2. The van der Waals surface area contributed by atoms with Gasteiger partial charge in [-0.15, -0.1) is 0 Å². The Bertz CT molecular complexity index is 956. The largest absolute Gasteiger partial charge is 0.508 e. The highest BCUT2D eigenvalue weighted by Gasteiger charge is 2.21. The van der Waals surface area contributed by atoms with Crippen LogP contribution >= 0.6 is 0 Å². The summed E-state index contributed by atoms with van der Waals surface area (Å²) in [7, 11) is 0. The molecular weight excluding hydrogens is 296 g/mol. The SMILES string of the molecule is Cc1cc(Nc2c(Nc3cccc(O)c3)c(=O)c2=O)ccc1O. The van der Waals surface area contributed by atoms with Gasteiger partial charge in [-0.3, -0.25) is 9.59 Å². The molecule has 23 heavy (non-hydrogen) atoms. The molecule has 0 aromatic heterocycles. The zero-order valence-electron chi connectivity index (χ0n) is 12.3. The topological polar surface area (TPSA) is 98.7 Å². The van der Waals surface area contributed by atoms with E-state index in [1.54, 1.807) is 31.2 Å². The van der Waals surface area contributed by atoms with Gasteiger partial charge in [0, 0.05) is 17.4 Å². The van der Waals surface area contributed by atoms with Crippen molar-refractivity contribution in [1.29, 1.82) is 0 Å². The molecule has 0 saturated heterocycles. The molecule has 0 radical (unpaired) electrons. The van der Waals surface area contributed by atoms with Crippen molar-refractivity contribution >= 4 is 22.7 Å². The molecule has 0 atom stereocenters. The van der Waals surface area contributed by atoms with Crippen LogP contribution in [0.15, 0.2) is 52.1 Å². The van der Waals surface area contributed by atoms with Crippen LogP contribution in [-0.2, 0) is 0 Å². The molecule has 3 aromatic rings. The van der Waals surface area contributed by atoms with Crippen LogP contribution < -0.4 is 21.5 Å². The smallest absolute Gasteiger partial charge is 0.253 e.